The van der Waals surface area contributed by atoms with Gasteiger partial charge in [0.2, 0.25) is 0 Å². The third kappa shape index (κ3) is 3.13. The molecule has 0 unspecified atom stereocenters. The molecule has 0 radical (unpaired) electrons. The van der Waals surface area contributed by atoms with Crippen LogP contribution < -0.4 is 10.3 Å². The van der Waals surface area contributed by atoms with E-state index < -0.39 is 0 Å². The molecule has 0 fully saturated rings. The average Bonchev–Trinajstić information content (AvgIpc) is 2.67. The Labute approximate surface area is 155 Å². The zero-order chi connectivity index (χ0) is 19.0. The topological polar surface area (TPSA) is 73.1 Å². The molecule has 136 valence electrons. The maximum atomic E-state index is 13.1. The first kappa shape index (κ1) is 17.1. The first-order valence-electron chi connectivity index (χ1n) is 8.53. The van der Waals surface area contributed by atoms with E-state index in [1.54, 1.807) is 25.3 Å². The molecule has 4 rings (SSSR count). The molecule has 0 aliphatic rings. The summed E-state index contributed by atoms with van der Waals surface area (Å²) in [6.45, 7) is 0.574. The first-order valence-corrected chi connectivity index (χ1v) is 8.53. The zero-order valence-corrected chi connectivity index (χ0v) is 15.4. The molecule has 0 saturated carbocycles. The molecule has 2 aromatic carbocycles. The minimum atomic E-state index is -0.178. The minimum absolute atomic E-state index is 0.178. The molecule has 0 aliphatic heterocycles. The van der Waals surface area contributed by atoms with E-state index in [4.69, 9.17) is 4.74 Å². The average molecular weight is 361 g/mol. The van der Waals surface area contributed by atoms with Crippen molar-refractivity contribution in [2.24, 2.45) is 0 Å². The number of para-hydroxylation sites is 1. The molecule has 4 aromatic rings. The van der Waals surface area contributed by atoms with Crippen molar-refractivity contribution in [3.63, 3.8) is 0 Å². The maximum Gasteiger partial charge on any atom is 0.266 e. The van der Waals surface area contributed by atoms with E-state index in [0.717, 1.165) is 10.9 Å². The highest BCUT2D eigenvalue weighted by atomic mass is 16.5. The highest BCUT2D eigenvalue weighted by Gasteiger charge is 2.13. The summed E-state index contributed by atoms with van der Waals surface area (Å²) < 4.78 is 6.70. The molecular weight excluding hydrogens is 342 g/mol. The third-order valence-corrected chi connectivity index (χ3v) is 4.28. The Morgan fingerprint density at radius 1 is 1.04 bits per heavy atom. The van der Waals surface area contributed by atoms with E-state index in [1.165, 1.54) is 10.9 Å². The van der Waals surface area contributed by atoms with Crippen molar-refractivity contribution in [2.45, 2.75) is 6.54 Å². The van der Waals surface area contributed by atoms with Crippen LogP contribution in [0.1, 0.15) is 5.82 Å². The Balaban J connectivity index is 1.98. The summed E-state index contributed by atoms with van der Waals surface area (Å²) in [6, 6.07) is 12.9. The van der Waals surface area contributed by atoms with Gasteiger partial charge >= 0.3 is 0 Å². The summed E-state index contributed by atoms with van der Waals surface area (Å²) >= 11 is 0. The van der Waals surface area contributed by atoms with Gasteiger partial charge in [0.15, 0.2) is 5.82 Å². The highest BCUT2D eigenvalue weighted by molar-refractivity contribution is 5.86. The summed E-state index contributed by atoms with van der Waals surface area (Å²) in [6.07, 6.45) is 1.51. The fourth-order valence-electron chi connectivity index (χ4n) is 3.02. The predicted octanol–water partition coefficient (Wildman–Crippen LogP) is 2.40. The Hall–Kier alpha value is -3.32. The van der Waals surface area contributed by atoms with Gasteiger partial charge in [0.1, 0.15) is 17.9 Å². The number of benzene rings is 2. The number of hydrogen-bond donors (Lipinski definition) is 0. The minimum Gasteiger partial charge on any atom is -0.497 e. The van der Waals surface area contributed by atoms with E-state index in [1.807, 2.05) is 43.3 Å². The molecule has 0 bridgehead atoms. The van der Waals surface area contributed by atoms with Crippen LogP contribution in [-0.4, -0.2) is 45.6 Å². The maximum absolute atomic E-state index is 13.1. The number of rotatable bonds is 4. The van der Waals surface area contributed by atoms with E-state index >= 15 is 0 Å². The van der Waals surface area contributed by atoms with Crippen LogP contribution in [0.2, 0.25) is 0 Å². The van der Waals surface area contributed by atoms with Crippen LogP contribution in [0.25, 0.3) is 27.6 Å². The third-order valence-electron chi connectivity index (χ3n) is 4.28. The summed E-state index contributed by atoms with van der Waals surface area (Å²) in [5.41, 5.74) is 1.20. The SMILES string of the molecule is COc1ccc2c(=O)n(-c3nc(CN(C)C)nc4ccccc34)cnc2c1. The van der Waals surface area contributed by atoms with Crippen LogP contribution in [0.4, 0.5) is 0 Å². The second-order valence-electron chi connectivity index (χ2n) is 6.52. The number of hydrogen-bond acceptors (Lipinski definition) is 6. The van der Waals surface area contributed by atoms with Gasteiger partial charge in [-0.05, 0) is 38.4 Å². The lowest BCUT2D eigenvalue weighted by Gasteiger charge is -2.13. The van der Waals surface area contributed by atoms with Crippen molar-refractivity contribution in [1.82, 2.24) is 24.4 Å². The van der Waals surface area contributed by atoms with Crippen molar-refractivity contribution in [2.75, 3.05) is 21.2 Å². The summed E-state index contributed by atoms with van der Waals surface area (Å²) in [4.78, 5) is 28.8. The molecule has 0 amide bonds. The normalized spacial score (nSPS) is 11.4. The van der Waals surface area contributed by atoms with E-state index in [9.17, 15) is 4.79 Å². The molecule has 0 spiro atoms. The van der Waals surface area contributed by atoms with Crippen LogP contribution in [0.3, 0.4) is 0 Å². The molecule has 0 N–H and O–H groups in total. The Kier molecular flexibility index (Phi) is 4.29. The summed E-state index contributed by atoms with van der Waals surface area (Å²) in [5.74, 6) is 1.84. The molecule has 0 aliphatic carbocycles. The number of aromatic nitrogens is 4. The number of nitrogens with zero attached hydrogens (tertiary/aromatic N) is 5. The van der Waals surface area contributed by atoms with E-state index in [-0.39, 0.29) is 5.56 Å². The van der Waals surface area contributed by atoms with Crippen molar-refractivity contribution < 1.29 is 4.74 Å². The van der Waals surface area contributed by atoms with Gasteiger partial charge in [0, 0.05) is 11.5 Å². The smallest absolute Gasteiger partial charge is 0.266 e. The van der Waals surface area contributed by atoms with Gasteiger partial charge in [-0.25, -0.2) is 19.5 Å². The van der Waals surface area contributed by atoms with Gasteiger partial charge in [-0.2, -0.15) is 0 Å². The Bertz CT molecular complexity index is 1200. The van der Waals surface area contributed by atoms with Crippen molar-refractivity contribution in [3.05, 3.63) is 65.0 Å². The first-order chi connectivity index (χ1) is 13.1. The van der Waals surface area contributed by atoms with Crippen LogP contribution >= 0.6 is 0 Å². The molecule has 0 atom stereocenters. The van der Waals surface area contributed by atoms with Crippen molar-refractivity contribution in [3.8, 4) is 11.6 Å². The van der Waals surface area contributed by atoms with Crippen molar-refractivity contribution >= 4 is 21.8 Å². The monoisotopic (exact) mass is 361 g/mol. The molecule has 27 heavy (non-hydrogen) atoms. The highest BCUT2D eigenvalue weighted by Crippen LogP contribution is 2.20. The molecule has 7 heteroatoms. The lowest BCUT2D eigenvalue weighted by molar-refractivity contribution is 0.391. The summed E-state index contributed by atoms with van der Waals surface area (Å²) in [7, 11) is 5.49. The lowest BCUT2D eigenvalue weighted by Crippen LogP contribution is -2.22. The molecule has 7 nitrogen and oxygen atoms in total. The molecule has 2 heterocycles. The zero-order valence-electron chi connectivity index (χ0n) is 15.4. The van der Waals surface area contributed by atoms with Gasteiger partial charge in [-0.3, -0.25) is 4.79 Å². The lowest BCUT2D eigenvalue weighted by atomic mass is 10.2. The van der Waals surface area contributed by atoms with E-state index in [2.05, 4.69) is 15.0 Å². The molecular formula is C20H19N5O2. The predicted molar refractivity (Wildman–Crippen MR) is 104 cm³/mol. The Morgan fingerprint density at radius 2 is 1.85 bits per heavy atom. The molecule has 0 saturated heterocycles. The van der Waals surface area contributed by atoms with Crippen LogP contribution in [-0.2, 0) is 6.54 Å². The molecule has 2 aromatic heterocycles. The largest absolute Gasteiger partial charge is 0.497 e. The second-order valence-corrected chi connectivity index (χ2v) is 6.52. The van der Waals surface area contributed by atoms with Crippen LogP contribution in [0.15, 0.2) is 53.6 Å². The Morgan fingerprint density at radius 3 is 2.63 bits per heavy atom. The van der Waals surface area contributed by atoms with E-state index in [0.29, 0.717) is 34.8 Å². The van der Waals surface area contributed by atoms with Crippen LogP contribution in [0.5, 0.6) is 5.75 Å². The van der Waals surface area contributed by atoms with Gasteiger partial charge in [0.25, 0.3) is 5.56 Å². The second kappa shape index (κ2) is 6.77. The quantitative estimate of drug-likeness (QED) is 0.556. The van der Waals surface area contributed by atoms with Crippen LogP contribution in [0, 0.1) is 0 Å². The standard InChI is InChI=1S/C20H19N5O2/c1-24(2)11-18-22-16-7-5-4-6-14(16)19(23-18)25-12-21-17-10-13(27-3)8-9-15(17)20(25)26/h4-10,12H,11H2,1-3H3. The number of ether oxygens (including phenoxy) is 1. The number of fused-ring (bicyclic) bond motifs is 2. The van der Waals surface area contributed by atoms with Gasteiger partial charge in [0.05, 0.1) is 30.1 Å². The van der Waals surface area contributed by atoms with Crippen molar-refractivity contribution in [1.29, 1.82) is 0 Å². The summed E-state index contributed by atoms with van der Waals surface area (Å²) in [5, 5.41) is 1.31. The van der Waals surface area contributed by atoms with Gasteiger partial charge in [-0.15, -0.1) is 0 Å². The van der Waals surface area contributed by atoms with Gasteiger partial charge in [-0.1, -0.05) is 12.1 Å². The fraction of sp³-hybridized carbons (Fsp3) is 0.200. The fourth-order valence-corrected chi connectivity index (χ4v) is 3.02. The van der Waals surface area contributed by atoms with Gasteiger partial charge < -0.3 is 9.64 Å². The number of methoxy groups -OCH3 is 1.